The zero-order valence-electron chi connectivity index (χ0n) is 13.7. The Labute approximate surface area is 147 Å². The van der Waals surface area contributed by atoms with Crippen molar-refractivity contribution in [1.29, 1.82) is 0 Å². The lowest BCUT2D eigenvalue weighted by Crippen LogP contribution is -2.26. The van der Waals surface area contributed by atoms with Crippen LogP contribution in [0, 0.1) is 0 Å². The van der Waals surface area contributed by atoms with Crippen molar-refractivity contribution in [2.75, 3.05) is 25.5 Å². The molecule has 2 heterocycles. The summed E-state index contributed by atoms with van der Waals surface area (Å²) >= 11 is 6.22. The smallest absolute Gasteiger partial charge is 0.145 e. The summed E-state index contributed by atoms with van der Waals surface area (Å²) in [6.07, 6.45) is 2.70. The molecule has 2 aromatic rings. The zero-order chi connectivity index (χ0) is 16.9. The molecular weight excluding hydrogens is 326 g/mol. The quantitative estimate of drug-likeness (QED) is 0.841. The summed E-state index contributed by atoms with van der Waals surface area (Å²) in [4.78, 5) is 6.72. The molecule has 1 aliphatic heterocycles. The van der Waals surface area contributed by atoms with Crippen LogP contribution in [0.1, 0.15) is 17.5 Å². The van der Waals surface area contributed by atoms with Crippen LogP contribution in [0.5, 0.6) is 5.75 Å². The Bertz CT molecular complexity index is 678. The van der Waals surface area contributed by atoms with Crippen molar-refractivity contribution in [2.45, 2.75) is 25.6 Å². The fourth-order valence-electron chi connectivity index (χ4n) is 2.95. The molecule has 0 saturated carbocycles. The second kappa shape index (κ2) is 7.83. The first kappa shape index (κ1) is 17.0. The van der Waals surface area contributed by atoms with Crippen LogP contribution in [0.2, 0.25) is 5.02 Å². The molecule has 1 atom stereocenters. The number of rotatable bonds is 6. The molecule has 0 spiro atoms. The molecule has 24 heavy (non-hydrogen) atoms. The van der Waals surface area contributed by atoms with Crippen molar-refractivity contribution >= 4 is 17.4 Å². The van der Waals surface area contributed by atoms with E-state index in [-0.39, 0.29) is 6.61 Å². The maximum absolute atomic E-state index is 9.11. The van der Waals surface area contributed by atoms with Crippen molar-refractivity contribution in [1.82, 2.24) is 9.88 Å². The second-order valence-electron chi connectivity index (χ2n) is 6.05. The van der Waals surface area contributed by atoms with Crippen LogP contribution in [-0.4, -0.2) is 41.2 Å². The molecule has 0 unspecified atom stereocenters. The van der Waals surface area contributed by atoms with E-state index >= 15 is 0 Å². The van der Waals surface area contributed by atoms with Crippen LogP contribution in [0.25, 0.3) is 0 Å². The lowest BCUT2D eigenvalue weighted by Gasteiger charge is -2.18. The lowest BCUT2D eigenvalue weighted by atomic mass is 10.2. The highest BCUT2D eigenvalue weighted by Crippen LogP contribution is 2.24. The minimum atomic E-state index is -0.0495. The molecule has 1 aromatic heterocycles. The molecular formula is C18H22ClN3O2. The highest BCUT2D eigenvalue weighted by molar-refractivity contribution is 6.32. The Morgan fingerprint density at radius 3 is 2.79 bits per heavy atom. The van der Waals surface area contributed by atoms with Gasteiger partial charge in [0.25, 0.3) is 0 Å². The summed E-state index contributed by atoms with van der Waals surface area (Å²) in [7, 11) is 1.68. The summed E-state index contributed by atoms with van der Waals surface area (Å²) < 4.78 is 5.19. The number of aromatic nitrogens is 1. The van der Waals surface area contributed by atoms with Gasteiger partial charge in [0.1, 0.15) is 11.6 Å². The molecule has 0 amide bonds. The van der Waals surface area contributed by atoms with Crippen LogP contribution >= 0.6 is 11.6 Å². The van der Waals surface area contributed by atoms with Gasteiger partial charge in [0, 0.05) is 31.9 Å². The maximum Gasteiger partial charge on any atom is 0.145 e. The third kappa shape index (κ3) is 4.17. The number of benzene rings is 1. The van der Waals surface area contributed by atoms with E-state index in [0.717, 1.165) is 37.4 Å². The number of ether oxygens (including phenoxy) is 1. The average Bonchev–Trinajstić information content (AvgIpc) is 3.04. The fourth-order valence-corrected chi connectivity index (χ4v) is 3.19. The normalized spacial score (nSPS) is 17.9. The van der Waals surface area contributed by atoms with Crippen LogP contribution in [-0.2, 0) is 13.2 Å². The predicted octanol–water partition coefficient (Wildman–Crippen LogP) is 2.92. The summed E-state index contributed by atoms with van der Waals surface area (Å²) in [6, 6.07) is 10.3. The van der Waals surface area contributed by atoms with Gasteiger partial charge >= 0.3 is 0 Å². The number of nitrogens with zero attached hydrogens (tertiary/aromatic N) is 2. The SMILES string of the molecule is COc1ccc(CN2CC[C@@H](Nc3ncc(CO)cc3Cl)C2)cc1. The predicted molar refractivity (Wildman–Crippen MR) is 95.5 cm³/mol. The van der Waals surface area contributed by atoms with Crippen molar-refractivity contribution in [3.05, 3.63) is 52.7 Å². The Morgan fingerprint density at radius 1 is 1.33 bits per heavy atom. The maximum atomic E-state index is 9.11. The van der Waals surface area contributed by atoms with Gasteiger partial charge in [-0.2, -0.15) is 0 Å². The summed E-state index contributed by atoms with van der Waals surface area (Å²) in [5.41, 5.74) is 2.00. The summed E-state index contributed by atoms with van der Waals surface area (Å²) in [6.45, 7) is 2.86. The number of likely N-dealkylation sites (tertiary alicyclic amines) is 1. The molecule has 0 aliphatic carbocycles. The molecule has 128 valence electrons. The first-order chi connectivity index (χ1) is 11.7. The molecule has 2 N–H and O–H groups in total. The Hall–Kier alpha value is -1.82. The Balaban J connectivity index is 1.55. The number of halogens is 1. The van der Waals surface area contributed by atoms with Crippen LogP contribution < -0.4 is 10.1 Å². The van der Waals surface area contributed by atoms with Crippen LogP contribution in [0.15, 0.2) is 36.5 Å². The molecule has 1 aromatic carbocycles. The second-order valence-corrected chi connectivity index (χ2v) is 6.45. The van der Waals surface area contributed by atoms with E-state index in [4.69, 9.17) is 21.4 Å². The first-order valence-electron chi connectivity index (χ1n) is 8.05. The molecule has 1 aliphatic rings. The van der Waals surface area contributed by atoms with Crippen molar-refractivity contribution in [3.8, 4) is 5.75 Å². The van der Waals surface area contributed by atoms with Gasteiger partial charge in [-0.05, 0) is 35.7 Å². The number of hydrogen-bond acceptors (Lipinski definition) is 5. The lowest BCUT2D eigenvalue weighted by molar-refractivity contribution is 0.281. The Morgan fingerprint density at radius 2 is 2.12 bits per heavy atom. The van der Waals surface area contributed by atoms with Gasteiger partial charge in [-0.1, -0.05) is 23.7 Å². The summed E-state index contributed by atoms with van der Waals surface area (Å²) in [5.74, 6) is 1.57. The minimum absolute atomic E-state index is 0.0495. The number of pyridine rings is 1. The van der Waals surface area contributed by atoms with Gasteiger partial charge in [0.2, 0.25) is 0 Å². The van der Waals surface area contributed by atoms with Gasteiger partial charge in [-0.3, -0.25) is 4.90 Å². The van der Waals surface area contributed by atoms with E-state index in [2.05, 4.69) is 27.3 Å². The van der Waals surface area contributed by atoms with E-state index in [0.29, 0.717) is 16.9 Å². The molecule has 0 radical (unpaired) electrons. The zero-order valence-corrected chi connectivity index (χ0v) is 14.5. The standard InChI is InChI=1S/C18H22ClN3O2/c1-24-16-4-2-13(3-5-16)10-22-7-6-15(11-22)21-18-17(19)8-14(12-23)9-20-18/h2-5,8-9,15,23H,6-7,10-12H2,1H3,(H,20,21)/t15-/m1/s1. The number of nitrogens with one attached hydrogen (secondary N) is 1. The third-order valence-electron chi connectivity index (χ3n) is 4.26. The highest BCUT2D eigenvalue weighted by Gasteiger charge is 2.23. The Kier molecular flexibility index (Phi) is 5.56. The first-order valence-corrected chi connectivity index (χ1v) is 8.43. The van der Waals surface area contributed by atoms with Gasteiger partial charge in [-0.15, -0.1) is 0 Å². The van der Waals surface area contributed by atoms with E-state index in [1.165, 1.54) is 5.56 Å². The summed E-state index contributed by atoms with van der Waals surface area (Å²) in [5, 5.41) is 13.1. The number of methoxy groups -OCH3 is 1. The molecule has 0 bridgehead atoms. The number of anilines is 1. The van der Waals surface area contributed by atoms with Crippen LogP contribution in [0.4, 0.5) is 5.82 Å². The highest BCUT2D eigenvalue weighted by atomic mass is 35.5. The molecule has 5 nitrogen and oxygen atoms in total. The monoisotopic (exact) mass is 347 g/mol. The van der Waals surface area contributed by atoms with E-state index < -0.39 is 0 Å². The number of hydrogen-bond donors (Lipinski definition) is 2. The van der Waals surface area contributed by atoms with Gasteiger partial charge in [0.05, 0.1) is 18.7 Å². The number of aliphatic hydroxyl groups excluding tert-OH is 1. The van der Waals surface area contributed by atoms with Crippen LogP contribution in [0.3, 0.4) is 0 Å². The molecule has 6 heteroatoms. The van der Waals surface area contributed by atoms with E-state index in [9.17, 15) is 0 Å². The van der Waals surface area contributed by atoms with Gasteiger partial charge in [0.15, 0.2) is 0 Å². The van der Waals surface area contributed by atoms with Gasteiger partial charge in [-0.25, -0.2) is 4.98 Å². The topological polar surface area (TPSA) is 57.6 Å². The van der Waals surface area contributed by atoms with E-state index in [1.807, 2.05) is 12.1 Å². The largest absolute Gasteiger partial charge is 0.497 e. The van der Waals surface area contributed by atoms with Gasteiger partial charge < -0.3 is 15.2 Å². The molecule has 3 rings (SSSR count). The van der Waals surface area contributed by atoms with Crippen molar-refractivity contribution in [3.63, 3.8) is 0 Å². The van der Waals surface area contributed by atoms with Crippen molar-refractivity contribution < 1.29 is 9.84 Å². The minimum Gasteiger partial charge on any atom is -0.497 e. The third-order valence-corrected chi connectivity index (χ3v) is 4.55. The average molecular weight is 348 g/mol. The molecule has 1 fully saturated rings. The van der Waals surface area contributed by atoms with Crippen molar-refractivity contribution in [2.24, 2.45) is 0 Å². The molecule has 1 saturated heterocycles. The van der Waals surface area contributed by atoms with E-state index in [1.54, 1.807) is 19.4 Å². The fraction of sp³-hybridized carbons (Fsp3) is 0.389. The number of aliphatic hydroxyl groups is 1.